The van der Waals surface area contributed by atoms with Gasteiger partial charge in [-0.15, -0.1) is 0 Å². The number of nitrogens with zero attached hydrogens (tertiary/aromatic N) is 1. The standard InChI is InChI=1S/C14H16BrN3S/c1-19-11-6-12(16-7-11)14-17-8-13(18-14)9-2-4-10(15)5-3-9/h2-5,8,11-12,16H,6-7H2,1H3,(H,17,18). The number of hydrogen-bond acceptors (Lipinski definition) is 3. The highest BCUT2D eigenvalue weighted by molar-refractivity contribution is 9.10. The topological polar surface area (TPSA) is 40.7 Å². The van der Waals surface area contributed by atoms with E-state index < -0.39 is 0 Å². The quantitative estimate of drug-likeness (QED) is 0.898. The number of imidazole rings is 1. The molecule has 2 unspecified atom stereocenters. The number of benzene rings is 1. The zero-order chi connectivity index (χ0) is 13.2. The van der Waals surface area contributed by atoms with E-state index in [0.29, 0.717) is 11.3 Å². The Hall–Kier alpha value is -0.780. The molecule has 2 N–H and O–H groups in total. The van der Waals surface area contributed by atoms with Crippen LogP contribution in [0.3, 0.4) is 0 Å². The molecule has 1 fully saturated rings. The first kappa shape index (κ1) is 13.2. The normalized spacial score (nSPS) is 22.8. The van der Waals surface area contributed by atoms with E-state index in [1.54, 1.807) is 0 Å². The van der Waals surface area contributed by atoms with Gasteiger partial charge in [0.1, 0.15) is 5.82 Å². The summed E-state index contributed by atoms with van der Waals surface area (Å²) in [5, 5.41) is 4.23. The van der Waals surface area contributed by atoms with Crippen LogP contribution in [0.15, 0.2) is 34.9 Å². The van der Waals surface area contributed by atoms with E-state index in [2.05, 4.69) is 49.6 Å². The Morgan fingerprint density at radius 1 is 1.32 bits per heavy atom. The molecule has 1 aromatic carbocycles. The number of aromatic amines is 1. The summed E-state index contributed by atoms with van der Waals surface area (Å²) in [6.45, 7) is 1.07. The van der Waals surface area contributed by atoms with Crippen molar-refractivity contribution in [2.45, 2.75) is 17.7 Å². The van der Waals surface area contributed by atoms with Gasteiger partial charge in [-0.2, -0.15) is 11.8 Å². The second-order valence-corrected chi connectivity index (χ2v) is 6.80. The van der Waals surface area contributed by atoms with E-state index >= 15 is 0 Å². The van der Waals surface area contributed by atoms with Crippen LogP contribution < -0.4 is 5.32 Å². The largest absolute Gasteiger partial charge is 0.341 e. The van der Waals surface area contributed by atoms with Crippen molar-refractivity contribution >= 4 is 27.7 Å². The van der Waals surface area contributed by atoms with Gasteiger partial charge in [-0.05, 0) is 30.4 Å². The highest BCUT2D eigenvalue weighted by atomic mass is 79.9. The maximum absolute atomic E-state index is 4.53. The SMILES string of the molecule is CSC1CNC(c2ncc(-c3ccc(Br)cc3)[nH]2)C1. The highest BCUT2D eigenvalue weighted by Gasteiger charge is 2.26. The lowest BCUT2D eigenvalue weighted by Crippen LogP contribution is -2.15. The van der Waals surface area contributed by atoms with Crippen molar-refractivity contribution in [2.75, 3.05) is 12.8 Å². The molecule has 1 aliphatic rings. The Balaban J connectivity index is 1.78. The van der Waals surface area contributed by atoms with Gasteiger partial charge in [-0.3, -0.25) is 0 Å². The third-order valence-corrected chi connectivity index (χ3v) is 5.06. The molecular formula is C14H16BrN3S. The average Bonchev–Trinajstić information content (AvgIpc) is 3.08. The van der Waals surface area contributed by atoms with Gasteiger partial charge < -0.3 is 10.3 Å². The maximum atomic E-state index is 4.53. The molecule has 3 rings (SSSR count). The number of H-pyrrole nitrogens is 1. The average molecular weight is 338 g/mol. The molecule has 2 heterocycles. The summed E-state index contributed by atoms with van der Waals surface area (Å²) in [4.78, 5) is 7.96. The smallest absolute Gasteiger partial charge is 0.123 e. The summed E-state index contributed by atoms with van der Waals surface area (Å²) in [5.74, 6) is 1.05. The number of halogens is 1. The lowest BCUT2D eigenvalue weighted by molar-refractivity contribution is 0.613. The van der Waals surface area contributed by atoms with Crippen molar-refractivity contribution in [2.24, 2.45) is 0 Å². The lowest BCUT2D eigenvalue weighted by atomic mass is 10.2. The van der Waals surface area contributed by atoms with Gasteiger partial charge in [-0.25, -0.2) is 4.98 Å². The summed E-state index contributed by atoms with van der Waals surface area (Å²) in [6, 6.07) is 8.64. The van der Waals surface area contributed by atoms with Gasteiger partial charge in [0.25, 0.3) is 0 Å². The minimum Gasteiger partial charge on any atom is -0.341 e. The van der Waals surface area contributed by atoms with Crippen LogP contribution in [-0.2, 0) is 0 Å². The summed E-state index contributed by atoms with van der Waals surface area (Å²) in [6.07, 6.45) is 5.24. The van der Waals surface area contributed by atoms with E-state index in [4.69, 9.17) is 0 Å². The van der Waals surface area contributed by atoms with E-state index in [1.807, 2.05) is 30.1 Å². The predicted octanol–water partition coefficient (Wildman–Crippen LogP) is 3.61. The van der Waals surface area contributed by atoms with E-state index in [1.165, 1.54) is 5.56 Å². The van der Waals surface area contributed by atoms with Crippen molar-refractivity contribution in [1.29, 1.82) is 0 Å². The van der Waals surface area contributed by atoms with Crippen LogP contribution in [0.25, 0.3) is 11.3 Å². The van der Waals surface area contributed by atoms with Crippen molar-refractivity contribution in [3.8, 4) is 11.3 Å². The molecule has 0 bridgehead atoms. The zero-order valence-electron chi connectivity index (χ0n) is 10.7. The van der Waals surface area contributed by atoms with Crippen LogP contribution in [-0.4, -0.2) is 28.0 Å². The number of rotatable bonds is 3. The molecule has 1 aromatic heterocycles. The second-order valence-electron chi connectivity index (χ2n) is 4.74. The molecule has 2 aromatic rings. The summed E-state index contributed by atoms with van der Waals surface area (Å²) in [7, 11) is 0. The van der Waals surface area contributed by atoms with Crippen LogP contribution in [0.1, 0.15) is 18.3 Å². The molecule has 0 spiro atoms. The Morgan fingerprint density at radius 3 is 2.79 bits per heavy atom. The number of hydrogen-bond donors (Lipinski definition) is 2. The van der Waals surface area contributed by atoms with Crippen LogP contribution in [0.2, 0.25) is 0 Å². The van der Waals surface area contributed by atoms with Crippen LogP contribution in [0, 0.1) is 0 Å². The van der Waals surface area contributed by atoms with Gasteiger partial charge in [0.2, 0.25) is 0 Å². The van der Waals surface area contributed by atoms with E-state index in [9.17, 15) is 0 Å². The second kappa shape index (κ2) is 5.69. The van der Waals surface area contributed by atoms with Crippen LogP contribution in [0.4, 0.5) is 0 Å². The molecular weight excluding hydrogens is 322 g/mol. The monoisotopic (exact) mass is 337 g/mol. The maximum Gasteiger partial charge on any atom is 0.123 e. The molecule has 2 atom stereocenters. The lowest BCUT2D eigenvalue weighted by Gasteiger charge is -2.06. The third-order valence-electron chi connectivity index (χ3n) is 3.50. The van der Waals surface area contributed by atoms with Crippen molar-refractivity contribution in [1.82, 2.24) is 15.3 Å². The molecule has 19 heavy (non-hydrogen) atoms. The van der Waals surface area contributed by atoms with Gasteiger partial charge in [-0.1, -0.05) is 28.1 Å². The van der Waals surface area contributed by atoms with Crippen molar-refractivity contribution in [3.05, 3.63) is 40.8 Å². The number of thioether (sulfide) groups is 1. The van der Waals surface area contributed by atoms with Gasteiger partial charge >= 0.3 is 0 Å². The first-order chi connectivity index (χ1) is 9.26. The minimum atomic E-state index is 0.363. The van der Waals surface area contributed by atoms with Gasteiger partial charge in [0.05, 0.1) is 17.9 Å². The van der Waals surface area contributed by atoms with Crippen molar-refractivity contribution in [3.63, 3.8) is 0 Å². The molecule has 0 amide bonds. The van der Waals surface area contributed by atoms with E-state index in [0.717, 1.165) is 29.0 Å². The summed E-state index contributed by atoms with van der Waals surface area (Å²) in [5.41, 5.74) is 2.25. The predicted molar refractivity (Wildman–Crippen MR) is 84.4 cm³/mol. The molecule has 100 valence electrons. The fraction of sp³-hybridized carbons (Fsp3) is 0.357. The first-order valence-corrected chi connectivity index (χ1v) is 8.41. The zero-order valence-corrected chi connectivity index (χ0v) is 13.1. The van der Waals surface area contributed by atoms with Crippen LogP contribution in [0.5, 0.6) is 0 Å². The number of nitrogens with one attached hydrogen (secondary N) is 2. The third kappa shape index (κ3) is 2.88. The Labute approximate surface area is 125 Å². The Kier molecular flexibility index (Phi) is 3.96. The fourth-order valence-electron chi connectivity index (χ4n) is 2.38. The summed E-state index contributed by atoms with van der Waals surface area (Å²) < 4.78 is 1.09. The molecule has 5 heteroatoms. The molecule has 0 radical (unpaired) electrons. The Morgan fingerprint density at radius 2 is 2.11 bits per heavy atom. The van der Waals surface area contributed by atoms with Gasteiger partial charge in [0, 0.05) is 16.3 Å². The van der Waals surface area contributed by atoms with Crippen LogP contribution >= 0.6 is 27.7 Å². The fourth-order valence-corrected chi connectivity index (χ4v) is 3.29. The molecule has 0 saturated carbocycles. The number of aromatic nitrogens is 2. The Bertz CT molecular complexity index is 552. The molecule has 1 saturated heterocycles. The van der Waals surface area contributed by atoms with E-state index in [-0.39, 0.29) is 0 Å². The molecule has 0 aliphatic carbocycles. The van der Waals surface area contributed by atoms with Gasteiger partial charge in [0.15, 0.2) is 0 Å². The summed E-state index contributed by atoms with van der Waals surface area (Å²) >= 11 is 5.38. The first-order valence-electron chi connectivity index (χ1n) is 6.33. The highest BCUT2D eigenvalue weighted by Crippen LogP contribution is 2.29. The molecule has 1 aliphatic heterocycles. The molecule has 3 nitrogen and oxygen atoms in total. The van der Waals surface area contributed by atoms with Crippen molar-refractivity contribution < 1.29 is 0 Å². The minimum absolute atomic E-state index is 0.363.